The number of carbonyl (C=O) groups is 1. The molecule has 0 amide bonds. The summed E-state index contributed by atoms with van der Waals surface area (Å²) in [4.78, 5) is 11.4. The van der Waals surface area contributed by atoms with Gasteiger partial charge in [-0.1, -0.05) is 18.2 Å². The number of carboxylic acid groups (broad SMARTS) is 1. The van der Waals surface area contributed by atoms with Gasteiger partial charge in [0, 0.05) is 18.0 Å². The molecule has 3 rings (SSSR count). The Bertz CT molecular complexity index is 668. The van der Waals surface area contributed by atoms with E-state index in [1.54, 1.807) is 0 Å². The van der Waals surface area contributed by atoms with Gasteiger partial charge in [0.25, 0.3) is 0 Å². The van der Waals surface area contributed by atoms with Crippen molar-refractivity contribution < 1.29 is 14.6 Å². The van der Waals surface area contributed by atoms with E-state index in [0.29, 0.717) is 11.2 Å². The van der Waals surface area contributed by atoms with Crippen molar-refractivity contribution in [2.24, 2.45) is 0 Å². The number of anilines is 1. The van der Waals surface area contributed by atoms with Gasteiger partial charge in [-0.15, -0.1) is 10.2 Å². The lowest BCUT2D eigenvalue weighted by atomic mass is 10.1. The fourth-order valence-electron chi connectivity index (χ4n) is 2.67. The van der Waals surface area contributed by atoms with Gasteiger partial charge in [-0.2, -0.15) is 0 Å². The van der Waals surface area contributed by atoms with Crippen molar-refractivity contribution in [3.8, 4) is 0 Å². The molecular weight excluding hydrogens is 270 g/mol. The Morgan fingerprint density at radius 1 is 1.43 bits per heavy atom. The van der Waals surface area contributed by atoms with Crippen LogP contribution in [0.25, 0.3) is 10.9 Å². The number of rotatable bonds is 4. The molecular formula is C15H17N3O3. The Hall–Kier alpha value is -2.21. The number of benzene rings is 1. The maximum atomic E-state index is 11.4. The molecule has 1 saturated heterocycles. The van der Waals surface area contributed by atoms with E-state index < -0.39 is 5.97 Å². The number of carboxylic acids is 1. The molecule has 2 heterocycles. The normalized spacial score (nSPS) is 19.6. The highest BCUT2D eigenvalue weighted by Crippen LogP contribution is 2.27. The van der Waals surface area contributed by atoms with Crippen LogP contribution in [0.2, 0.25) is 0 Å². The molecule has 2 atom stereocenters. The summed E-state index contributed by atoms with van der Waals surface area (Å²) in [6.45, 7) is 2.76. The van der Waals surface area contributed by atoms with Gasteiger partial charge in [0.1, 0.15) is 0 Å². The van der Waals surface area contributed by atoms with Gasteiger partial charge in [0.05, 0.1) is 17.3 Å². The van der Waals surface area contributed by atoms with Crippen LogP contribution in [0, 0.1) is 0 Å². The van der Waals surface area contributed by atoms with Gasteiger partial charge in [-0.25, -0.2) is 4.79 Å². The average molecular weight is 287 g/mol. The van der Waals surface area contributed by atoms with Crippen LogP contribution in [-0.2, 0) is 4.74 Å². The van der Waals surface area contributed by atoms with Gasteiger partial charge in [-0.05, 0) is 25.8 Å². The number of aromatic nitrogens is 2. The monoisotopic (exact) mass is 287 g/mol. The summed E-state index contributed by atoms with van der Waals surface area (Å²) in [6.07, 6.45) is 2.11. The molecule has 21 heavy (non-hydrogen) atoms. The van der Waals surface area contributed by atoms with Crippen molar-refractivity contribution in [2.75, 3.05) is 11.9 Å². The molecule has 6 nitrogen and oxygen atoms in total. The fourth-order valence-corrected chi connectivity index (χ4v) is 2.67. The summed E-state index contributed by atoms with van der Waals surface area (Å²) >= 11 is 0. The Morgan fingerprint density at radius 3 is 2.95 bits per heavy atom. The van der Waals surface area contributed by atoms with Crippen LogP contribution in [0.5, 0.6) is 0 Å². The maximum Gasteiger partial charge on any atom is 0.358 e. The summed E-state index contributed by atoms with van der Waals surface area (Å²) < 4.78 is 5.65. The molecule has 1 aliphatic rings. The third kappa shape index (κ3) is 2.67. The van der Waals surface area contributed by atoms with Crippen molar-refractivity contribution in [1.29, 1.82) is 0 Å². The summed E-state index contributed by atoms with van der Waals surface area (Å²) in [7, 11) is 0. The predicted octanol–water partition coefficient (Wildman–Crippen LogP) is 2.31. The Morgan fingerprint density at radius 2 is 2.24 bits per heavy atom. The third-order valence-corrected chi connectivity index (χ3v) is 3.77. The second-order valence-electron chi connectivity index (χ2n) is 5.23. The zero-order valence-corrected chi connectivity index (χ0v) is 11.7. The highest BCUT2D eigenvalue weighted by molar-refractivity contribution is 6.02. The van der Waals surface area contributed by atoms with Gasteiger partial charge in [0.15, 0.2) is 5.69 Å². The van der Waals surface area contributed by atoms with E-state index in [1.165, 1.54) is 0 Å². The topological polar surface area (TPSA) is 84.3 Å². The summed E-state index contributed by atoms with van der Waals surface area (Å²) in [6, 6.07) is 7.39. The number of ether oxygens (including phenoxy) is 1. The lowest BCUT2D eigenvalue weighted by Crippen LogP contribution is -2.31. The van der Waals surface area contributed by atoms with E-state index in [4.69, 9.17) is 4.74 Å². The number of hydrogen-bond donors (Lipinski definition) is 2. The largest absolute Gasteiger partial charge is 0.476 e. The Kier molecular flexibility index (Phi) is 3.70. The molecule has 2 N–H and O–H groups in total. The van der Waals surface area contributed by atoms with Crippen LogP contribution >= 0.6 is 0 Å². The summed E-state index contributed by atoms with van der Waals surface area (Å²) in [5, 5.41) is 21.2. The van der Waals surface area contributed by atoms with Gasteiger partial charge >= 0.3 is 5.97 Å². The highest BCUT2D eigenvalue weighted by atomic mass is 16.5. The molecule has 1 fully saturated rings. The maximum absolute atomic E-state index is 11.4. The van der Waals surface area contributed by atoms with Crippen LogP contribution < -0.4 is 5.32 Å². The summed E-state index contributed by atoms with van der Waals surface area (Å²) in [5.41, 5.74) is 1.12. The number of nitrogens with one attached hydrogen (secondary N) is 1. The second kappa shape index (κ2) is 5.65. The average Bonchev–Trinajstić information content (AvgIpc) is 3.01. The van der Waals surface area contributed by atoms with Crippen LogP contribution in [0.15, 0.2) is 24.3 Å². The molecule has 0 saturated carbocycles. The van der Waals surface area contributed by atoms with Crippen LogP contribution in [-0.4, -0.2) is 40.0 Å². The van der Waals surface area contributed by atoms with E-state index in [-0.39, 0.29) is 17.8 Å². The van der Waals surface area contributed by atoms with Crippen LogP contribution in [0.3, 0.4) is 0 Å². The van der Waals surface area contributed by atoms with E-state index in [2.05, 4.69) is 15.5 Å². The number of aromatic carboxylic acids is 1. The van der Waals surface area contributed by atoms with Gasteiger partial charge < -0.3 is 15.2 Å². The number of fused-ring (bicyclic) bond motifs is 1. The molecule has 0 bridgehead atoms. The second-order valence-corrected chi connectivity index (χ2v) is 5.23. The minimum absolute atomic E-state index is 0.0122. The van der Waals surface area contributed by atoms with E-state index in [9.17, 15) is 9.90 Å². The first-order valence-corrected chi connectivity index (χ1v) is 7.03. The lowest BCUT2D eigenvalue weighted by molar-refractivity contribution is 0.0689. The number of nitrogens with zero attached hydrogens (tertiary/aromatic N) is 2. The fraction of sp³-hybridized carbons (Fsp3) is 0.400. The highest BCUT2D eigenvalue weighted by Gasteiger charge is 2.25. The van der Waals surface area contributed by atoms with Crippen molar-refractivity contribution >= 4 is 22.6 Å². The van der Waals surface area contributed by atoms with Gasteiger partial charge in [0.2, 0.25) is 0 Å². The van der Waals surface area contributed by atoms with Crippen molar-refractivity contribution in [2.45, 2.75) is 31.9 Å². The van der Waals surface area contributed by atoms with E-state index in [0.717, 1.165) is 24.8 Å². The van der Waals surface area contributed by atoms with E-state index in [1.807, 2.05) is 31.2 Å². The van der Waals surface area contributed by atoms with Crippen molar-refractivity contribution in [3.63, 3.8) is 0 Å². The molecule has 1 aromatic carbocycles. The van der Waals surface area contributed by atoms with E-state index >= 15 is 0 Å². The molecule has 110 valence electrons. The lowest BCUT2D eigenvalue weighted by Gasteiger charge is -2.22. The zero-order chi connectivity index (χ0) is 14.8. The quantitative estimate of drug-likeness (QED) is 0.897. The summed E-state index contributed by atoms with van der Waals surface area (Å²) in [5.74, 6) is -1.09. The molecule has 0 aliphatic carbocycles. The Balaban J connectivity index is 2.01. The minimum Gasteiger partial charge on any atom is -0.476 e. The number of hydrogen-bond acceptors (Lipinski definition) is 5. The van der Waals surface area contributed by atoms with Crippen molar-refractivity contribution in [1.82, 2.24) is 10.2 Å². The minimum atomic E-state index is -1.09. The first kappa shape index (κ1) is 13.8. The molecule has 2 aromatic rings. The SMILES string of the molecule is CC(Nc1c(C(=O)O)nnc2ccccc12)C1CCCO1. The standard InChI is InChI=1S/C15H17N3O3/c1-9(12-7-4-8-21-12)16-13-10-5-2-3-6-11(10)17-18-14(13)15(19)20/h2-3,5-6,9,12H,4,7-8H2,1H3,(H,16,17)(H,19,20). The predicted molar refractivity (Wildman–Crippen MR) is 78.6 cm³/mol. The third-order valence-electron chi connectivity index (χ3n) is 3.77. The van der Waals surface area contributed by atoms with Crippen LogP contribution in [0.4, 0.5) is 5.69 Å². The molecule has 1 aliphatic heterocycles. The first-order valence-electron chi connectivity index (χ1n) is 7.03. The molecule has 0 spiro atoms. The van der Waals surface area contributed by atoms with Crippen molar-refractivity contribution in [3.05, 3.63) is 30.0 Å². The zero-order valence-electron chi connectivity index (χ0n) is 11.7. The molecule has 0 radical (unpaired) electrons. The molecule has 1 aromatic heterocycles. The first-order chi connectivity index (χ1) is 10.2. The van der Waals surface area contributed by atoms with Gasteiger partial charge in [-0.3, -0.25) is 0 Å². The smallest absolute Gasteiger partial charge is 0.358 e. The molecule has 6 heteroatoms. The molecule has 2 unspecified atom stereocenters. The van der Waals surface area contributed by atoms with Crippen LogP contribution in [0.1, 0.15) is 30.3 Å². The Labute approximate surface area is 122 Å².